The number of nitrogens with zero attached hydrogens (tertiary/aromatic N) is 1. The summed E-state index contributed by atoms with van der Waals surface area (Å²) in [5, 5.41) is 3.39. The van der Waals surface area contributed by atoms with Gasteiger partial charge in [-0.15, -0.1) is 0 Å². The van der Waals surface area contributed by atoms with E-state index in [0.717, 1.165) is 30.0 Å². The van der Waals surface area contributed by atoms with Gasteiger partial charge in [-0.2, -0.15) is 0 Å². The Labute approximate surface area is 122 Å². The zero-order valence-electron chi connectivity index (χ0n) is 11.5. The number of benzene rings is 1. The third kappa shape index (κ3) is 2.58. The fourth-order valence-corrected chi connectivity index (χ4v) is 3.23. The summed E-state index contributed by atoms with van der Waals surface area (Å²) in [6, 6.07) is 7.94. The standard InChI is InChI=1S/C15H16N2O2S/c1-9-10(2)19-15(16-9)20-13-8-7-11-5-3-4-6-12(11)17-14(13)18/h3-6,13H,7-8H2,1-2H3,(H,17,18). The van der Waals surface area contributed by atoms with Crippen LogP contribution in [0, 0.1) is 13.8 Å². The minimum absolute atomic E-state index is 0.0217. The van der Waals surface area contributed by atoms with E-state index in [9.17, 15) is 4.79 Å². The molecule has 0 fully saturated rings. The lowest BCUT2D eigenvalue weighted by Gasteiger charge is -2.09. The number of thioether (sulfide) groups is 1. The molecule has 1 unspecified atom stereocenters. The lowest BCUT2D eigenvalue weighted by Crippen LogP contribution is -2.23. The van der Waals surface area contributed by atoms with E-state index in [-0.39, 0.29) is 11.2 Å². The predicted octanol–water partition coefficient (Wildman–Crippen LogP) is 3.34. The molecule has 1 N–H and O–H groups in total. The quantitative estimate of drug-likeness (QED) is 0.921. The van der Waals surface area contributed by atoms with Gasteiger partial charge in [0.15, 0.2) is 0 Å². The zero-order chi connectivity index (χ0) is 14.1. The van der Waals surface area contributed by atoms with Crippen LogP contribution in [0.15, 0.2) is 33.9 Å². The maximum atomic E-state index is 12.3. The molecule has 2 aromatic rings. The summed E-state index contributed by atoms with van der Waals surface area (Å²) in [5.41, 5.74) is 2.98. The molecule has 1 atom stereocenters. The van der Waals surface area contributed by atoms with Crippen molar-refractivity contribution >= 4 is 23.4 Å². The van der Waals surface area contributed by atoms with E-state index in [1.165, 1.54) is 17.3 Å². The highest BCUT2D eigenvalue weighted by Crippen LogP contribution is 2.31. The third-order valence-electron chi connectivity index (χ3n) is 3.50. The minimum Gasteiger partial charge on any atom is -0.437 e. The Bertz CT molecular complexity index is 632. The maximum absolute atomic E-state index is 12.3. The highest BCUT2D eigenvalue weighted by atomic mass is 32.2. The van der Waals surface area contributed by atoms with Gasteiger partial charge in [-0.25, -0.2) is 4.98 Å². The van der Waals surface area contributed by atoms with E-state index < -0.39 is 0 Å². The highest BCUT2D eigenvalue weighted by molar-refractivity contribution is 8.00. The van der Waals surface area contributed by atoms with E-state index >= 15 is 0 Å². The average molecular weight is 288 g/mol. The van der Waals surface area contributed by atoms with E-state index in [1.807, 2.05) is 32.0 Å². The van der Waals surface area contributed by atoms with Gasteiger partial charge in [0.2, 0.25) is 5.91 Å². The van der Waals surface area contributed by atoms with Crippen LogP contribution in [0.1, 0.15) is 23.4 Å². The molecular formula is C15H16N2O2S. The number of fused-ring (bicyclic) bond motifs is 1. The number of hydrogen-bond donors (Lipinski definition) is 1. The number of aromatic nitrogens is 1. The van der Waals surface area contributed by atoms with Crippen molar-refractivity contribution in [3.8, 4) is 0 Å². The summed E-state index contributed by atoms with van der Waals surface area (Å²) in [7, 11) is 0. The normalized spacial score (nSPS) is 18.3. The Kier molecular flexibility index (Phi) is 3.53. The number of carbonyl (C=O) groups is 1. The number of amides is 1. The fraction of sp³-hybridized carbons (Fsp3) is 0.333. The predicted molar refractivity (Wildman–Crippen MR) is 79.0 cm³/mol. The fourth-order valence-electron chi connectivity index (χ4n) is 2.22. The number of hydrogen-bond acceptors (Lipinski definition) is 4. The molecule has 2 heterocycles. The van der Waals surface area contributed by atoms with Crippen LogP contribution in [0.4, 0.5) is 5.69 Å². The van der Waals surface area contributed by atoms with Crippen molar-refractivity contribution < 1.29 is 9.21 Å². The number of carbonyl (C=O) groups excluding carboxylic acids is 1. The van der Waals surface area contributed by atoms with Gasteiger partial charge in [-0.3, -0.25) is 4.79 Å². The first-order chi connectivity index (χ1) is 9.63. The van der Waals surface area contributed by atoms with Gasteiger partial charge in [-0.1, -0.05) is 30.0 Å². The summed E-state index contributed by atoms with van der Waals surface area (Å²) in [4.78, 5) is 16.6. The van der Waals surface area contributed by atoms with Gasteiger partial charge >= 0.3 is 0 Å². The summed E-state index contributed by atoms with van der Waals surface area (Å²) in [6.45, 7) is 3.79. The molecule has 20 heavy (non-hydrogen) atoms. The Balaban J connectivity index is 1.78. The Morgan fingerprint density at radius 1 is 1.35 bits per heavy atom. The van der Waals surface area contributed by atoms with Crippen molar-refractivity contribution in [2.24, 2.45) is 0 Å². The summed E-state index contributed by atoms with van der Waals surface area (Å²) < 4.78 is 5.56. The van der Waals surface area contributed by atoms with Crippen LogP contribution in [0.2, 0.25) is 0 Å². The Morgan fingerprint density at radius 3 is 2.90 bits per heavy atom. The molecule has 0 saturated heterocycles. The molecule has 1 amide bonds. The van der Waals surface area contributed by atoms with Crippen LogP contribution in [-0.2, 0) is 11.2 Å². The minimum atomic E-state index is -0.167. The first-order valence-electron chi connectivity index (χ1n) is 6.63. The van der Waals surface area contributed by atoms with Crippen molar-refractivity contribution in [1.29, 1.82) is 0 Å². The van der Waals surface area contributed by atoms with Crippen molar-refractivity contribution in [2.45, 2.75) is 37.2 Å². The van der Waals surface area contributed by atoms with Crippen molar-refractivity contribution in [3.63, 3.8) is 0 Å². The first-order valence-corrected chi connectivity index (χ1v) is 7.51. The van der Waals surface area contributed by atoms with E-state index in [1.54, 1.807) is 0 Å². The molecular weight excluding hydrogens is 272 g/mol. The zero-order valence-corrected chi connectivity index (χ0v) is 12.3. The van der Waals surface area contributed by atoms with Crippen LogP contribution in [0.25, 0.3) is 0 Å². The van der Waals surface area contributed by atoms with Crippen LogP contribution in [-0.4, -0.2) is 16.1 Å². The second-order valence-corrected chi connectivity index (χ2v) is 6.07. The average Bonchev–Trinajstić information content (AvgIpc) is 2.65. The SMILES string of the molecule is Cc1nc(SC2CCc3ccccc3NC2=O)oc1C. The van der Waals surface area contributed by atoms with Crippen LogP contribution < -0.4 is 5.32 Å². The molecule has 0 aliphatic carbocycles. The van der Waals surface area contributed by atoms with Gasteiger partial charge < -0.3 is 9.73 Å². The summed E-state index contributed by atoms with van der Waals surface area (Å²) >= 11 is 1.40. The van der Waals surface area contributed by atoms with Crippen LogP contribution in [0.5, 0.6) is 0 Å². The van der Waals surface area contributed by atoms with Gasteiger partial charge in [0.05, 0.1) is 10.9 Å². The molecule has 1 aliphatic heterocycles. The Hall–Kier alpha value is -1.75. The number of para-hydroxylation sites is 1. The molecule has 3 rings (SSSR count). The second kappa shape index (κ2) is 5.32. The molecule has 4 nitrogen and oxygen atoms in total. The monoisotopic (exact) mass is 288 g/mol. The van der Waals surface area contributed by atoms with Crippen molar-refractivity contribution in [3.05, 3.63) is 41.3 Å². The molecule has 1 aromatic heterocycles. The maximum Gasteiger partial charge on any atom is 0.256 e. The second-order valence-electron chi connectivity index (χ2n) is 4.91. The first kappa shape index (κ1) is 13.2. The number of anilines is 1. The number of rotatable bonds is 2. The molecule has 1 aliphatic rings. The van der Waals surface area contributed by atoms with E-state index in [0.29, 0.717) is 5.22 Å². The van der Waals surface area contributed by atoms with Gasteiger partial charge in [0, 0.05) is 5.69 Å². The van der Waals surface area contributed by atoms with Crippen LogP contribution in [0.3, 0.4) is 0 Å². The molecule has 5 heteroatoms. The molecule has 0 bridgehead atoms. The lowest BCUT2D eigenvalue weighted by molar-refractivity contribution is -0.115. The van der Waals surface area contributed by atoms with Gasteiger partial charge in [0.25, 0.3) is 5.22 Å². The highest BCUT2D eigenvalue weighted by Gasteiger charge is 2.26. The molecule has 0 spiro atoms. The molecule has 0 radical (unpaired) electrons. The smallest absolute Gasteiger partial charge is 0.256 e. The summed E-state index contributed by atoms with van der Waals surface area (Å²) in [6.07, 6.45) is 1.67. The molecule has 1 aromatic carbocycles. The Morgan fingerprint density at radius 2 is 2.15 bits per heavy atom. The number of oxazole rings is 1. The molecule has 0 saturated carbocycles. The van der Waals surface area contributed by atoms with Gasteiger partial charge in [-0.05, 0) is 38.3 Å². The van der Waals surface area contributed by atoms with Crippen LogP contribution >= 0.6 is 11.8 Å². The largest absolute Gasteiger partial charge is 0.437 e. The van der Waals surface area contributed by atoms with E-state index in [2.05, 4.69) is 16.4 Å². The number of aryl methyl sites for hydroxylation is 3. The topological polar surface area (TPSA) is 55.1 Å². The number of nitrogens with one attached hydrogen (secondary N) is 1. The molecule has 104 valence electrons. The summed E-state index contributed by atoms with van der Waals surface area (Å²) in [5.74, 6) is 0.832. The van der Waals surface area contributed by atoms with E-state index in [4.69, 9.17) is 4.42 Å². The third-order valence-corrected chi connectivity index (χ3v) is 4.61. The lowest BCUT2D eigenvalue weighted by atomic mass is 10.1. The van der Waals surface area contributed by atoms with Crippen molar-refractivity contribution in [1.82, 2.24) is 4.98 Å². The van der Waals surface area contributed by atoms with Gasteiger partial charge in [0.1, 0.15) is 5.76 Å². The van der Waals surface area contributed by atoms with Crippen molar-refractivity contribution in [2.75, 3.05) is 5.32 Å².